The van der Waals surface area contributed by atoms with Crippen molar-refractivity contribution in [3.8, 4) is 5.40 Å². The molecule has 3 aromatic rings. The molecule has 0 aliphatic carbocycles. The van der Waals surface area contributed by atoms with E-state index in [9.17, 15) is 4.79 Å². The first kappa shape index (κ1) is 16.9. The Morgan fingerprint density at radius 3 is 2.62 bits per heavy atom. The minimum Gasteiger partial charge on any atom is -0.308 e. The van der Waals surface area contributed by atoms with Gasteiger partial charge in [-0.2, -0.15) is 5.26 Å². The molecule has 2 N–H and O–H groups in total. The largest absolute Gasteiger partial charge is 0.325 e. The van der Waals surface area contributed by atoms with Crippen molar-refractivity contribution in [2.75, 3.05) is 10.6 Å². The molecule has 0 saturated heterocycles. The van der Waals surface area contributed by atoms with Gasteiger partial charge in [-0.3, -0.25) is 5.32 Å². The van der Waals surface area contributed by atoms with Crippen LogP contribution in [-0.2, 0) is 0 Å². The maximum Gasteiger partial charge on any atom is 0.325 e. The molecule has 1 heterocycles. The average molecular weight is 395 g/mol. The lowest BCUT2D eigenvalue weighted by atomic mass is 10.3. The number of thiazole rings is 1. The van der Waals surface area contributed by atoms with Gasteiger partial charge in [0.1, 0.15) is 5.40 Å². The second-order valence-electron chi connectivity index (χ2n) is 4.55. The summed E-state index contributed by atoms with van der Waals surface area (Å²) in [7, 11) is 0. The molecule has 2 amide bonds. The van der Waals surface area contributed by atoms with Crippen LogP contribution in [0.3, 0.4) is 0 Å². The van der Waals surface area contributed by atoms with E-state index in [0.29, 0.717) is 31.3 Å². The number of carbonyl (C=O) groups excluding carboxylic acids is 1. The molecule has 0 spiro atoms. The molecule has 9 heteroatoms. The fraction of sp³-hybridized carbons (Fsp3) is 0. The van der Waals surface area contributed by atoms with Gasteiger partial charge >= 0.3 is 6.03 Å². The molecule has 0 unspecified atom stereocenters. The molecule has 0 bridgehead atoms. The zero-order valence-electron chi connectivity index (χ0n) is 11.8. The molecule has 0 aliphatic rings. The first-order valence-electron chi connectivity index (χ1n) is 6.55. The molecule has 0 fully saturated rings. The number of anilines is 2. The number of halogens is 2. The van der Waals surface area contributed by atoms with Gasteiger partial charge in [-0.25, -0.2) is 9.78 Å². The molecule has 120 valence electrons. The molecular weight excluding hydrogens is 387 g/mol. The van der Waals surface area contributed by atoms with E-state index in [-0.39, 0.29) is 0 Å². The molecule has 5 nitrogen and oxygen atoms in total. The fourth-order valence-electron chi connectivity index (χ4n) is 1.94. The van der Waals surface area contributed by atoms with Crippen LogP contribution in [0.5, 0.6) is 0 Å². The zero-order chi connectivity index (χ0) is 17.1. The van der Waals surface area contributed by atoms with Crippen LogP contribution in [0.4, 0.5) is 15.6 Å². The molecular formula is C15H8Cl2N4OS2. The van der Waals surface area contributed by atoms with Crippen molar-refractivity contribution in [2.45, 2.75) is 4.90 Å². The van der Waals surface area contributed by atoms with Crippen LogP contribution in [0.1, 0.15) is 0 Å². The number of benzene rings is 2. The first-order chi connectivity index (χ1) is 11.5. The molecule has 0 saturated carbocycles. The lowest BCUT2D eigenvalue weighted by molar-refractivity contribution is 0.262. The van der Waals surface area contributed by atoms with Crippen molar-refractivity contribution in [3.05, 3.63) is 46.4 Å². The third-order valence-corrected chi connectivity index (χ3v) is 4.91. The number of fused-ring (bicyclic) bond motifs is 1. The predicted octanol–water partition coefficient (Wildman–Crippen LogP) is 5.82. The Kier molecular flexibility index (Phi) is 5.11. The van der Waals surface area contributed by atoms with Gasteiger partial charge in [0.2, 0.25) is 0 Å². The average Bonchev–Trinajstić information content (AvgIpc) is 2.92. The van der Waals surface area contributed by atoms with Crippen molar-refractivity contribution in [3.63, 3.8) is 0 Å². The number of nitrogens with one attached hydrogen (secondary N) is 2. The van der Waals surface area contributed by atoms with E-state index in [1.807, 2.05) is 5.40 Å². The van der Waals surface area contributed by atoms with Crippen molar-refractivity contribution in [1.82, 2.24) is 4.98 Å². The summed E-state index contributed by atoms with van der Waals surface area (Å²) in [5.74, 6) is 0. The van der Waals surface area contributed by atoms with Gasteiger partial charge in [0, 0.05) is 15.7 Å². The van der Waals surface area contributed by atoms with Crippen molar-refractivity contribution >= 4 is 73.4 Å². The van der Waals surface area contributed by atoms with Crippen LogP contribution in [-0.4, -0.2) is 11.0 Å². The number of nitrogens with zero attached hydrogens (tertiary/aromatic N) is 2. The zero-order valence-corrected chi connectivity index (χ0v) is 15.0. The summed E-state index contributed by atoms with van der Waals surface area (Å²) in [6, 6.07) is 9.76. The Labute approximate surface area is 155 Å². The number of nitriles is 1. The Morgan fingerprint density at radius 2 is 1.92 bits per heavy atom. The molecule has 0 aliphatic heterocycles. The number of aromatic nitrogens is 1. The van der Waals surface area contributed by atoms with Crippen LogP contribution >= 0.6 is 46.3 Å². The summed E-state index contributed by atoms with van der Waals surface area (Å²) in [6.07, 6.45) is 0. The van der Waals surface area contributed by atoms with Crippen LogP contribution in [0, 0.1) is 10.7 Å². The minimum absolute atomic E-state index is 0.415. The Morgan fingerprint density at radius 1 is 1.17 bits per heavy atom. The SMILES string of the molecule is N#CSc1cc(Cl)cc2sc(NC(=O)Nc3ccc(Cl)cc3)nc12. The maximum absolute atomic E-state index is 12.0. The summed E-state index contributed by atoms with van der Waals surface area (Å²) in [5, 5.41) is 17.7. The van der Waals surface area contributed by atoms with Crippen molar-refractivity contribution < 1.29 is 4.79 Å². The van der Waals surface area contributed by atoms with E-state index < -0.39 is 6.03 Å². The molecule has 24 heavy (non-hydrogen) atoms. The van der Waals surface area contributed by atoms with Crippen molar-refractivity contribution in [1.29, 1.82) is 5.26 Å². The molecule has 3 rings (SSSR count). The van der Waals surface area contributed by atoms with Crippen molar-refractivity contribution in [2.24, 2.45) is 0 Å². The van der Waals surface area contributed by atoms with Gasteiger partial charge in [0.25, 0.3) is 0 Å². The first-order valence-corrected chi connectivity index (χ1v) is 8.93. The number of hydrogen-bond acceptors (Lipinski definition) is 5. The van der Waals surface area contributed by atoms with E-state index in [4.69, 9.17) is 28.5 Å². The summed E-state index contributed by atoms with van der Waals surface area (Å²) >= 11 is 14.1. The fourth-order valence-corrected chi connectivity index (χ4v) is 3.94. The predicted molar refractivity (Wildman–Crippen MR) is 100 cm³/mol. The summed E-state index contributed by atoms with van der Waals surface area (Å²) < 4.78 is 0.794. The van der Waals surface area contributed by atoms with Gasteiger partial charge < -0.3 is 5.32 Å². The van der Waals surface area contributed by atoms with Crippen LogP contribution in [0.2, 0.25) is 10.0 Å². The highest BCUT2D eigenvalue weighted by atomic mass is 35.5. The third-order valence-electron chi connectivity index (χ3n) is 2.90. The highest BCUT2D eigenvalue weighted by molar-refractivity contribution is 8.04. The van der Waals surface area contributed by atoms with E-state index in [2.05, 4.69) is 15.6 Å². The number of amides is 2. The summed E-state index contributed by atoms with van der Waals surface area (Å²) in [5.41, 5.74) is 1.25. The standard InChI is InChI=1S/C15H8Cl2N4OS2/c16-8-1-3-10(4-2-8)19-14(22)21-15-20-13-11(23-7-18)5-9(17)6-12(13)24-15/h1-6H,(H2,19,20,21,22). The van der Waals surface area contributed by atoms with E-state index in [1.54, 1.807) is 36.4 Å². The summed E-state index contributed by atoms with van der Waals surface area (Å²) in [6.45, 7) is 0. The molecule has 0 radical (unpaired) electrons. The number of hydrogen-bond donors (Lipinski definition) is 2. The topological polar surface area (TPSA) is 77.8 Å². The van der Waals surface area contributed by atoms with Gasteiger partial charge in [0.05, 0.1) is 15.1 Å². The number of thioether (sulfide) groups is 1. The number of rotatable bonds is 3. The van der Waals surface area contributed by atoms with Gasteiger partial charge in [-0.15, -0.1) is 0 Å². The van der Waals surface area contributed by atoms with Crippen LogP contribution < -0.4 is 10.6 Å². The van der Waals surface area contributed by atoms with E-state index in [0.717, 1.165) is 16.5 Å². The summed E-state index contributed by atoms with van der Waals surface area (Å²) in [4.78, 5) is 17.1. The lowest BCUT2D eigenvalue weighted by Crippen LogP contribution is -2.19. The van der Waals surface area contributed by atoms with Crippen LogP contribution in [0.15, 0.2) is 41.3 Å². The Bertz CT molecular complexity index is 951. The maximum atomic E-state index is 12.0. The minimum atomic E-state index is -0.419. The second-order valence-corrected chi connectivity index (χ2v) is 7.28. The van der Waals surface area contributed by atoms with E-state index in [1.165, 1.54) is 11.3 Å². The lowest BCUT2D eigenvalue weighted by Gasteiger charge is -2.04. The third kappa shape index (κ3) is 3.91. The quantitative estimate of drug-likeness (QED) is 0.433. The number of urea groups is 1. The number of thiocyanates is 1. The van der Waals surface area contributed by atoms with E-state index >= 15 is 0 Å². The Hall–Kier alpha value is -1.98. The highest BCUT2D eigenvalue weighted by Gasteiger charge is 2.12. The molecule has 2 aromatic carbocycles. The monoisotopic (exact) mass is 394 g/mol. The van der Waals surface area contributed by atoms with Gasteiger partial charge in [-0.05, 0) is 48.2 Å². The number of carbonyl (C=O) groups is 1. The second kappa shape index (κ2) is 7.28. The molecule has 0 atom stereocenters. The smallest absolute Gasteiger partial charge is 0.308 e. The van der Waals surface area contributed by atoms with Crippen LogP contribution in [0.25, 0.3) is 10.2 Å². The normalized spacial score (nSPS) is 10.4. The highest BCUT2D eigenvalue weighted by Crippen LogP contribution is 2.35. The molecule has 1 aromatic heterocycles. The van der Waals surface area contributed by atoms with Gasteiger partial charge in [0.15, 0.2) is 5.13 Å². The Balaban J connectivity index is 1.80. The van der Waals surface area contributed by atoms with Gasteiger partial charge in [-0.1, -0.05) is 34.5 Å².